The molecule has 168 valence electrons. The van der Waals surface area contributed by atoms with Gasteiger partial charge in [-0.2, -0.15) is 0 Å². The molecule has 33 heavy (non-hydrogen) atoms. The van der Waals surface area contributed by atoms with Crippen LogP contribution in [0.1, 0.15) is 63.0 Å². The summed E-state index contributed by atoms with van der Waals surface area (Å²) in [7, 11) is 0. The monoisotopic (exact) mass is 446 g/mol. The number of carbonyl (C=O) groups excluding carboxylic acids is 1. The Morgan fingerprint density at radius 1 is 1.30 bits per heavy atom. The van der Waals surface area contributed by atoms with Gasteiger partial charge in [-0.05, 0) is 63.4 Å². The molecule has 0 saturated heterocycles. The summed E-state index contributed by atoms with van der Waals surface area (Å²) in [5.41, 5.74) is 1.63. The van der Waals surface area contributed by atoms with Crippen LogP contribution in [-0.2, 0) is 0 Å². The second-order valence-corrected chi connectivity index (χ2v) is 8.55. The highest BCUT2D eigenvalue weighted by Crippen LogP contribution is 2.39. The molecule has 1 aliphatic carbocycles. The molecule has 1 N–H and O–H groups in total. The lowest BCUT2D eigenvalue weighted by Crippen LogP contribution is -2.16. The van der Waals surface area contributed by atoms with Crippen molar-refractivity contribution < 1.29 is 11.9 Å². The summed E-state index contributed by atoms with van der Waals surface area (Å²) in [5, 5.41) is 2.62. The van der Waals surface area contributed by atoms with Gasteiger partial charge < -0.3 is 14.5 Å². The number of carbonyl (C=O) groups is 1. The number of amides is 1. The molecule has 1 aromatic carbocycles. The third kappa shape index (κ3) is 4.16. The van der Waals surface area contributed by atoms with E-state index in [1.54, 1.807) is 37.5 Å². The number of anilines is 1. The van der Waals surface area contributed by atoms with Gasteiger partial charge >= 0.3 is 0 Å². The van der Waals surface area contributed by atoms with Crippen LogP contribution in [0.4, 0.5) is 10.2 Å². The highest BCUT2D eigenvalue weighted by Gasteiger charge is 2.26. The van der Waals surface area contributed by atoms with E-state index < -0.39 is 17.3 Å². The number of halogens is 1. The summed E-state index contributed by atoms with van der Waals surface area (Å²) in [6, 6.07) is 6.18. The number of nitrogens with zero attached hydrogens (tertiary/aromatic N) is 5. The molecule has 1 fully saturated rings. The van der Waals surface area contributed by atoms with Crippen molar-refractivity contribution in [1.29, 1.82) is 0 Å². The van der Waals surface area contributed by atoms with Gasteiger partial charge in [-0.25, -0.2) is 19.3 Å². The van der Waals surface area contributed by atoms with E-state index in [4.69, 9.17) is 2.74 Å². The van der Waals surface area contributed by atoms with Gasteiger partial charge in [0.05, 0.1) is 24.6 Å². The smallest absolute Gasteiger partial charge is 0.259 e. The van der Waals surface area contributed by atoms with Crippen molar-refractivity contribution in [1.82, 2.24) is 24.1 Å². The first kappa shape index (κ1) is 18.7. The Morgan fingerprint density at radius 3 is 2.88 bits per heavy atom. The SMILES string of the molecule is [2H]c1c(C(=O)Nc2cccc(-c3nccn3C(C)C)n2)c(F)cc(C)c1-n1cc(C2CC2)nc1[2H]. The zero-order valence-electron chi connectivity index (χ0n) is 20.6. The number of nitrogens with one attached hydrogen (secondary N) is 1. The zero-order valence-corrected chi connectivity index (χ0v) is 18.6. The van der Waals surface area contributed by atoms with Crippen LogP contribution in [0.2, 0.25) is 0 Å². The fraction of sp³-hybridized carbons (Fsp3) is 0.280. The molecule has 0 atom stereocenters. The Hall–Kier alpha value is -3.81. The van der Waals surface area contributed by atoms with Crippen LogP contribution in [0.5, 0.6) is 0 Å². The number of hydrogen-bond donors (Lipinski definition) is 1. The fourth-order valence-corrected chi connectivity index (χ4v) is 3.75. The molecule has 0 bridgehead atoms. The average molecular weight is 447 g/mol. The molecule has 0 unspecified atom stereocenters. The van der Waals surface area contributed by atoms with Gasteiger partial charge in [-0.1, -0.05) is 6.07 Å². The molecule has 1 aliphatic rings. The van der Waals surface area contributed by atoms with Crippen molar-refractivity contribution in [3.05, 3.63) is 77.8 Å². The first-order chi connectivity index (χ1) is 16.7. The molecular weight excluding hydrogens is 419 g/mol. The third-order valence-corrected chi connectivity index (χ3v) is 5.66. The molecule has 1 amide bonds. The number of hydrogen-bond acceptors (Lipinski definition) is 4. The maximum atomic E-state index is 15.0. The molecule has 0 radical (unpaired) electrons. The molecular formula is C25H25FN6O. The number of aryl methyl sites for hydroxylation is 1. The molecule has 4 aromatic rings. The highest BCUT2D eigenvalue weighted by atomic mass is 19.1. The first-order valence-corrected chi connectivity index (χ1v) is 10.9. The van der Waals surface area contributed by atoms with Crippen LogP contribution in [0.3, 0.4) is 0 Å². The largest absolute Gasteiger partial charge is 0.327 e. The van der Waals surface area contributed by atoms with Gasteiger partial charge in [0.2, 0.25) is 0 Å². The van der Waals surface area contributed by atoms with Crippen LogP contribution in [0, 0.1) is 12.7 Å². The number of rotatable bonds is 6. The zero-order chi connectivity index (χ0) is 24.9. The van der Waals surface area contributed by atoms with Gasteiger partial charge in [-0.15, -0.1) is 0 Å². The molecule has 7 nitrogen and oxygen atoms in total. The Labute approximate surface area is 194 Å². The molecule has 3 heterocycles. The average Bonchev–Trinajstić information content (AvgIpc) is 3.40. The van der Waals surface area contributed by atoms with E-state index in [1.807, 2.05) is 24.6 Å². The second kappa shape index (κ2) is 8.27. The van der Waals surface area contributed by atoms with Crippen LogP contribution in [-0.4, -0.2) is 30.0 Å². The third-order valence-electron chi connectivity index (χ3n) is 5.66. The van der Waals surface area contributed by atoms with E-state index in [0.29, 0.717) is 23.0 Å². The van der Waals surface area contributed by atoms with Gasteiger partial charge in [0.1, 0.15) is 18.7 Å². The summed E-state index contributed by atoms with van der Waals surface area (Å²) in [6.45, 7) is 5.71. The van der Waals surface area contributed by atoms with E-state index in [1.165, 1.54) is 10.6 Å². The van der Waals surface area contributed by atoms with Crippen molar-refractivity contribution in [3.8, 4) is 17.2 Å². The van der Waals surface area contributed by atoms with Gasteiger partial charge in [0.25, 0.3) is 5.91 Å². The quantitative estimate of drug-likeness (QED) is 0.437. The Bertz CT molecular complexity index is 1440. The van der Waals surface area contributed by atoms with Gasteiger partial charge in [0, 0.05) is 30.6 Å². The molecule has 0 aliphatic heterocycles. The Kier molecular flexibility index (Phi) is 4.70. The minimum absolute atomic E-state index is 0.0449. The van der Waals surface area contributed by atoms with Crippen LogP contribution >= 0.6 is 0 Å². The molecule has 3 aromatic heterocycles. The first-order valence-electron chi connectivity index (χ1n) is 11.9. The lowest BCUT2D eigenvalue weighted by Gasteiger charge is -2.13. The number of benzene rings is 1. The Balaban J connectivity index is 1.49. The van der Waals surface area contributed by atoms with Crippen LogP contribution in [0.25, 0.3) is 17.2 Å². The van der Waals surface area contributed by atoms with Crippen molar-refractivity contribution >= 4 is 11.7 Å². The van der Waals surface area contributed by atoms with Crippen molar-refractivity contribution in [3.63, 3.8) is 0 Å². The van der Waals surface area contributed by atoms with Crippen molar-refractivity contribution in [2.45, 2.75) is 45.6 Å². The minimum Gasteiger partial charge on any atom is -0.327 e. The van der Waals surface area contributed by atoms with Crippen LogP contribution < -0.4 is 5.32 Å². The maximum Gasteiger partial charge on any atom is 0.259 e. The molecule has 8 heteroatoms. The number of aromatic nitrogens is 5. The molecule has 1 saturated carbocycles. The van der Waals surface area contributed by atoms with E-state index in [2.05, 4.69) is 20.3 Å². The number of imidazole rings is 2. The lowest BCUT2D eigenvalue weighted by molar-refractivity contribution is 0.102. The van der Waals surface area contributed by atoms with Gasteiger partial charge in [0.15, 0.2) is 5.82 Å². The van der Waals surface area contributed by atoms with Crippen molar-refractivity contribution in [2.75, 3.05) is 5.32 Å². The molecule has 0 spiro atoms. The van der Waals surface area contributed by atoms with E-state index in [0.717, 1.165) is 18.5 Å². The van der Waals surface area contributed by atoms with Crippen LogP contribution in [0.15, 0.2) is 55.2 Å². The summed E-state index contributed by atoms with van der Waals surface area (Å²) >= 11 is 0. The summed E-state index contributed by atoms with van der Waals surface area (Å²) in [4.78, 5) is 26.3. The number of pyridine rings is 1. The fourth-order valence-electron chi connectivity index (χ4n) is 3.75. The second-order valence-electron chi connectivity index (χ2n) is 8.55. The summed E-state index contributed by atoms with van der Waals surface area (Å²) in [5.74, 6) is -0.418. The minimum atomic E-state index is -0.811. The predicted molar refractivity (Wildman–Crippen MR) is 124 cm³/mol. The van der Waals surface area contributed by atoms with E-state index >= 15 is 0 Å². The standard InChI is InChI=1S/C25H25FN6O/c1-15(2)32-10-9-27-24(32)20-5-4-6-23(29-20)30-25(33)18-12-22(16(3)11-19(18)26)31-13-21(28-14-31)17-7-8-17/h4-6,9-15,17H,7-8H2,1-3H3,(H,29,30,33)/i12D,14D. The molecule has 5 rings (SSSR count). The normalized spacial score (nSPS) is 14.3. The maximum absolute atomic E-state index is 15.0. The lowest BCUT2D eigenvalue weighted by atomic mass is 10.1. The summed E-state index contributed by atoms with van der Waals surface area (Å²) in [6.07, 6.45) is 7.24. The van der Waals surface area contributed by atoms with E-state index in [-0.39, 0.29) is 29.9 Å². The highest BCUT2D eigenvalue weighted by molar-refractivity contribution is 6.04. The van der Waals surface area contributed by atoms with E-state index in [9.17, 15) is 9.18 Å². The topological polar surface area (TPSA) is 77.6 Å². The predicted octanol–water partition coefficient (Wildman–Crippen LogP) is 5.29. The van der Waals surface area contributed by atoms with Gasteiger partial charge in [-0.3, -0.25) is 4.79 Å². The Morgan fingerprint density at radius 2 is 2.12 bits per heavy atom. The summed E-state index contributed by atoms with van der Waals surface area (Å²) < 4.78 is 35.3. The van der Waals surface area contributed by atoms with Crippen molar-refractivity contribution in [2.24, 2.45) is 0 Å².